The van der Waals surface area contributed by atoms with Gasteiger partial charge >= 0.3 is 6.18 Å². The average molecular weight is 503 g/mol. The quantitative estimate of drug-likeness (QED) is 0.280. The Morgan fingerprint density at radius 3 is 1.89 bits per heavy atom. The van der Waals surface area contributed by atoms with E-state index in [-0.39, 0.29) is 17.5 Å². The summed E-state index contributed by atoms with van der Waals surface area (Å²) in [5.74, 6) is -0.374. The number of hydrogen-bond acceptors (Lipinski definition) is 5. The van der Waals surface area contributed by atoms with Crippen molar-refractivity contribution in [2.75, 3.05) is 49.9 Å². The third-order valence-electron chi connectivity index (χ3n) is 7.06. The Bertz CT molecular complexity index is 1050. The van der Waals surface area contributed by atoms with Gasteiger partial charge in [-0.25, -0.2) is 0 Å². The van der Waals surface area contributed by atoms with Crippen molar-refractivity contribution < 1.29 is 22.8 Å². The van der Waals surface area contributed by atoms with Gasteiger partial charge in [0.2, 0.25) is 0 Å². The zero-order valence-electron chi connectivity index (χ0n) is 20.4. The first kappa shape index (κ1) is 26.0. The van der Waals surface area contributed by atoms with Crippen molar-refractivity contribution >= 4 is 23.2 Å². The maximum Gasteiger partial charge on any atom is 0.418 e. The maximum atomic E-state index is 13.1. The first-order chi connectivity index (χ1) is 17.3. The molecule has 2 aliphatic heterocycles. The van der Waals surface area contributed by atoms with Crippen molar-refractivity contribution in [2.45, 2.75) is 44.7 Å². The normalized spacial score (nSPS) is 16.6. The predicted molar refractivity (Wildman–Crippen MR) is 134 cm³/mol. The summed E-state index contributed by atoms with van der Waals surface area (Å²) in [6.07, 6.45) is 1.71. The van der Waals surface area contributed by atoms with Gasteiger partial charge in [-0.1, -0.05) is 37.8 Å². The van der Waals surface area contributed by atoms with Crippen molar-refractivity contribution in [3.8, 4) is 0 Å². The van der Waals surface area contributed by atoms with Gasteiger partial charge in [-0.3, -0.25) is 19.4 Å². The highest BCUT2D eigenvalue weighted by Gasteiger charge is 2.35. The monoisotopic (exact) mass is 502 g/mol. The predicted octanol–water partition coefficient (Wildman–Crippen LogP) is 5.05. The fourth-order valence-corrected chi connectivity index (χ4v) is 4.97. The fourth-order valence-electron chi connectivity index (χ4n) is 4.97. The Labute approximate surface area is 209 Å². The topological polar surface area (TPSA) is 69.9 Å². The summed E-state index contributed by atoms with van der Waals surface area (Å²) in [7, 11) is 0. The van der Waals surface area contributed by atoms with Gasteiger partial charge < -0.3 is 10.6 Å². The minimum absolute atomic E-state index is 0.187. The van der Waals surface area contributed by atoms with Crippen LogP contribution in [0, 0.1) is 0 Å². The highest BCUT2D eigenvalue weighted by atomic mass is 19.4. The van der Waals surface area contributed by atoms with Gasteiger partial charge in [0.25, 0.3) is 11.8 Å². The number of nitrogen functional groups attached to an aromatic ring is 1. The molecule has 0 spiro atoms. The number of nitrogens with zero attached hydrogens (tertiary/aromatic N) is 3. The molecular weight excluding hydrogens is 469 g/mol. The van der Waals surface area contributed by atoms with Crippen molar-refractivity contribution in [3.05, 3.63) is 59.2 Å². The molecule has 2 N–H and O–H groups in total. The molecule has 0 radical (unpaired) electrons. The van der Waals surface area contributed by atoms with Crippen molar-refractivity contribution in [1.29, 1.82) is 0 Å². The second-order valence-corrected chi connectivity index (χ2v) is 9.53. The fraction of sp³-hybridized carbons (Fsp3) is 0.481. The second-order valence-electron chi connectivity index (χ2n) is 9.53. The Hall–Kier alpha value is -3.07. The highest BCUT2D eigenvalue weighted by Crippen LogP contribution is 2.36. The Morgan fingerprint density at radius 1 is 0.750 bits per heavy atom. The molecule has 0 aliphatic carbocycles. The van der Waals surface area contributed by atoms with Crippen molar-refractivity contribution in [3.63, 3.8) is 0 Å². The van der Waals surface area contributed by atoms with Crippen LogP contribution in [0.1, 0.15) is 64.8 Å². The van der Waals surface area contributed by atoms with E-state index < -0.39 is 11.7 Å². The smallest absolute Gasteiger partial charge is 0.398 e. The first-order valence-electron chi connectivity index (χ1n) is 12.6. The molecule has 0 atom stereocenters. The summed E-state index contributed by atoms with van der Waals surface area (Å²) in [5.41, 5.74) is 6.07. The van der Waals surface area contributed by atoms with Crippen LogP contribution in [0.2, 0.25) is 0 Å². The number of benzene rings is 2. The number of unbranched alkanes of at least 4 members (excludes halogenated alkanes) is 5. The molecule has 0 saturated carbocycles. The molecule has 194 valence electrons. The molecule has 0 bridgehead atoms. The van der Waals surface area contributed by atoms with Crippen LogP contribution in [-0.2, 0) is 6.18 Å². The molecule has 6 nitrogen and oxygen atoms in total. The van der Waals surface area contributed by atoms with E-state index in [1.165, 1.54) is 11.0 Å². The van der Waals surface area contributed by atoms with E-state index in [0.717, 1.165) is 64.2 Å². The van der Waals surface area contributed by atoms with Gasteiger partial charge in [-0.2, -0.15) is 13.2 Å². The Morgan fingerprint density at radius 2 is 1.31 bits per heavy atom. The standard InChI is InChI=1S/C27H33F3N4O2/c28-27(29,30)23-19-20(11-12-24(23)31)33-17-15-32(16-18-33)13-7-3-1-2-4-8-14-34-25(35)21-9-5-6-10-22(21)26(34)36/h5-6,9-12,19H,1-4,7-8,13-18,31H2. The molecular formula is C27H33F3N4O2. The van der Waals surface area contributed by atoms with Gasteiger partial charge in [0.1, 0.15) is 0 Å². The van der Waals surface area contributed by atoms with Crippen LogP contribution in [0.25, 0.3) is 0 Å². The summed E-state index contributed by atoms with van der Waals surface area (Å²) < 4.78 is 39.4. The van der Waals surface area contributed by atoms with E-state index >= 15 is 0 Å². The summed E-state index contributed by atoms with van der Waals surface area (Å²) in [4.78, 5) is 30.5. The molecule has 2 heterocycles. The van der Waals surface area contributed by atoms with Crippen molar-refractivity contribution in [1.82, 2.24) is 9.80 Å². The third kappa shape index (κ3) is 6.00. The number of amides is 2. The number of piperazine rings is 1. The molecule has 0 unspecified atom stereocenters. The van der Waals surface area contributed by atoms with Gasteiger partial charge in [0.05, 0.1) is 16.7 Å². The zero-order chi connectivity index (χ0) is 25.7. The van der Waals surface area contributed by atoms with E-state index in [1.807, 2.05) is 4.90 Å². The number of nitrogens with two attached hydrogens (primary N) is 1. The lowest BCUT2D eigenvalue weighted by atomic mass is 10.1. The lowest BCUT2D eigenvalue weighted by molar-refractivity contribution is -0.136. The van der Waals surface area contributed by atoms with E-state index in [4.69, 9.17) is 5.73 Å². The lowest BCUT2D eigenvalue weighted by Crippen LogP contribution is -2.46. The van der Waals surface area contributed by atoms with Gasteiger partial charge in [0, 0.05) is 44.1 Å². The number of anilines is 2. The Kier molecular flexibility index (Phi) is 8.18. The number of rotatable bonds is 10. The number of imide groups is 1. The van der Waals surface area contributed by atoms with Gasteiger partial charge in [-0.05, 0) is 49.7 Å². The van der Waals surface area contributed by atoms with Crippen LogP contribution in [0.4, 0.5) is 24.5 Å². The maximum absolute atomic E-state index is 13.1. The molecule has 1 saturated heterocycles. The van der Waals surface area contributed by atoms with Crippen LogP contribution in [0.3, 0.4) is 0 Å². The first-order valence-corrected chi connectivity index (χ1v) is 12.6. The van der Waals surface area contributed by atoms with Crippen molar-refractivity contribution in [2.24, 2.45) is 0 Å². The van der Waals surface area contributed by atoms with Crippen LogP contribution >= 0.6 is 0 Å². The number of carbonyl (C=O) groups excluding carboxylic acids is 2. The molecule has 9 heteroatoms. The lowest BCUT2D eigenvalue weighted by Gasteiger charge is -2.36. The molecule has 2 aromatic carbocycles. The number of fused-ring (bicyclic) bond motifs is 1. The van der Waals surface area contributed by atoms with Crippen LogP contribution in [0.15, 0.2) is 42.5 Å². The molecule has 1 fully saturated rings. The summed E-state index contributed by atoms with van der Waals surface area (Å²) in [6, 6.07) is 11.1. The van der Waals surface area contributed by atoms with E-state index in [1.54, 1.807) is 30.3 Å². The molecule has 2 aromatic rings. The Balaban J connectivity index is 1.08. The molecule has 0 aromatic heterocycles. The third-order valence-corrected chi connectivity index (χ3v) is 7.06. The number of carbonyl (C=O) groups is 2. The molecule has 36 heavy (non-hydrogen) atoms. The van der Waals surface area contributed by atoms with Crippen LogP contribution in [0.5, 0.6) is 0 Å². The van der Waals surface area contributed by atoms with Gasteiger partial charge in [-0.15, -0.1) is 0 Å². The molecule has 2 aliphatic rings. The summed E-state index contributed by atoms with van der Waals surface area (Å²) in [6.45, 7) is 4.49. The minimum atomic E-state index is -4.45. The number of alkyl halides is 3. The van der Waals surface area contributed by atoms with E-state index in [9.17, 15) is 22.8 Å². The SMILES string of the molecule is Nc1ccc(N2CCN(CCCCCCCCN3C(=O)c4ccccc4C3=O)CC2)cc1C(F)(F)F. The second kappa shape index (κ2) is 11.3. The summed E-state index contributed by atoms with van der Waals surface area (Å²) >= 11 is 0. The largest absolute Gasteiger partial charge is 0.418 e. The van der Waals surface area contributed by atoms with Gasteiger partial charge in [0.15, 0.2) is 0 Å². The minimum Gasteiger partial charge on any atom is -0.398 e. The molecule has 4 rings (SSSR count). The highest BCUT2D eigenvalue weighted by molar-refractivity contribution is 6.21. The number of halogens is 3. The molecule has 2 amide bonds. The number of hydrogen-bond donors (Lipinski definition) is 1. The van der Waals surface area contributed by atoms with E-state index in [2.05, 4.69) is 4.90 Å². The summed E-state index contributed by atoms with van der Waals surface area (Å²) in [5, 5.41) is 0. The van der Waals surface area contributed by atoms with Crippen LogP contribution < -0.4 is 10.6 Å². The zero-order valence-corrected chi connectivity index (χ0v) is 20.4. The van der Waals surface area contributed by atoms with Crippen LogP contribution in [-0.4, -0.2) is 60.9 Å². The average Bonchev–Trinajstić information content (AvgIpc) is 3.10. The van der Waals surface area contributed by atoms with E-state index in [0.29, 0.717) is 36.4 Å².